The van der Waals surface area contributed by atoms with Crippen LogP contribution in [0.1, 0.15) is 24.2 Å². The maximum Gasteiger partial charge on any atom is 0.326 e. The van der Waals surface area contributed by atoms with Crippen LogP contribution >= 0.6 is 11.3 Å². The number of hydrogen-bond donors (Lipinski definition) is 3. The fourth-order valence-electron chi connectivity index (χ4n) is 3.85. The molecule has 0 unspecified atom stereocenters. The lowest BCUT2D eigenvalue weighted by Gasteiger charge is -2.19. The summed E-state index contributed by atoms with van der Waals surface area (Å²) in [5.41, 5.74) is 3.45. The number of aliphatic carboxylic acids is 1. The van der Waals surface area contributed by atoms with Gasteiger partial charge in [0, 0.05) is 11.9 Å². The molecule has 0 aliphatic carbocycles. The van der Waals surface area contributed by atoms with Crippen molar-refractivity contribution < 1.29 is 27.9 Å². The third-order valence-corrected chi connectivity index (χ3v) is 7.97. The van der Waals surface area contributed by atoms with Crippen LogP contribution in [0.2, 0.25) is 0 Å². The predicted octanol–water partition coefficient (Wildman–Crippen LogP) is 4.96. The molecule has 4 rings (SSSR count). The smallest absolute Gasteiger partial charge is 0.326 e. The van der Waals surface area contributed by atoms with Crippen LogP contribution in [0.3, 0.4) is 0 Å². The fourth-order valence-corrected chi connectivity index (χ4v) is 5.50. The first-order valence-electron chi connectivity index (χ1n) is 11.7. The number of carbonyl (C=O) groups excluding carboxylic acids is 1. The molecule has 0 saturated heterocycles. The van der Waals surface area contributed by atoms with E-state index in [0.29, 0.717) is 16.4 Å². The highest BCUT2D eigenvalue weighted by atomic mass is 32.2. The van der Waals surface area contributed by atoms with Crippen LogP contribution < -0.4 is 15.4 Å². The zero-order valence-electron chi connectivity index (χ0n) is 21.2. The third-order valence-electron chi connectivity index (χ3n) is 5.92. The Morgan fingerprint density at radius 1 is 1.00 bits per heavy atom. The van der Waals surface area contributed by atoms with Crippen molar-refractivity contribution in [1.29, 1.82) is 0 Å². The van der Waals surface area contributed by atoms with Crippen molar-refractivity contribution in [3.8, 4) is 16.9 Å². The van der Waals surface area contributed by atoms with Gasteiger partial charge in [-0.1, -0.05) is 43.4 Å². The number of thiazole rings is 1. The number of sulfone groups is 1. The van der Waals surface area contributed by atoms with Gasteiger partial charge >= 0.3 is 5.97 Å². The molecule has 0 radical (unpaired) electrons. The van der Waals surface area contributed by atoms with E-state index in [-0.39, 0.29) is 16.4 Å². The number of rotatable bonds is 9. The summed E-state index contributed by atoms with van der Waals surface area (Å²) in [4.78, 5) is 29.0. The highest BCUT2D eigenvalue weighted by Gasteiger charge is 2.25. The molecule has 0 fully saturated rings. The van der Waals surface area contributed by atoms with Crippen molar-refractivity contribution in [2.75, 3.05) is 18.7 Å². The lowest BCUT2D eigenvalue weighted by atomic mass is 10.0. The van der Waals surface area contributed by atoms with E-state index in [1.807, 2.05) is 24.3 Å². The van der Waals surface area contributed by atoms with Gasteiger partial charge in [-0.25, -0.2) is 18.2 Å². The fraction of sp³-hybridized carbons (Fsp3) is 0.222. The molecule has 3 N–H and O–H groups in total. The summed E-state index contributed by atoms with van der Waals surface area (Å²) in [5.74, 6) is -1.56. The second kappa shape index (κ2) is 10.8. The zero-order chi connectivity index (χ0) is 27.6. The number of anilines is 2. The number of methoxy groups -OCH3 is 1. The van der Waals surface area contributed by atoms with Gasteiger partial charge in [0.15, 0.2) is 15.0 Å². The van der Waals surface area contributed by atoms with Gasteiger partial charge in [-0.05, 0) is 59.5 Å². The number of carboxylic acids is 1. The number of aromatic nitrogens is 1. The van der Waals surface area contributed by atoms with E-state index in [4.69, 9.17) is 4.74 Å². The van der Waals surface area contributed by atoms with Crippen LogP contribution in [0.15, 0.2) is 65.6 Å². The topological polar surface area (TPSA) is 135 Å². The zero-order valence-corrected chi connectivity index (χ0v) is 22.8. The number of hydrogen-bond acceptors (Lipinski definition) is 8. The van der Waals surface area contributed by atoms with E-state index in [9.17, 15) is 23.1 Å². The Morgan fingerprint density at radius 3 is 2.29 bits per heavy atom. The van der Waals surface area contributed by atoms with E-state index >= 15 is 0 Å². The van der Waals surface area contributed by atoms with Crippen LogP contribution in [0, 0.1) is 5.92 Å². The number of ether oxygens (including phenoxy) is 1. The number of amides is 1. The molecule has 1 atom stereocenters. The Labute approximate surface area is 224 Å². The van der Waals surface area contributed by atoms with Gasteiger partial charge in [0.1, 0.15) is 11.8 Å². The average molecular weight is 554 g/mol. The summed E-state index contributed by atoms with van der Waals surface area (Å²) in [6, 6.07) is 16.6. The second-order valence-corrected chi connectivity index (χ2v) is 12.1. The summed E-state index contributed by atoms with van der Waals surface area (Å²) in [6.45, 7) is 3.45. The maximum absolute atomic E-state index is 12.7. The molecule has 3 aromatic carbocycles. The number of carboxylic acid groups (broad SMARTS) is 1. The van der Waals surface area contributed by atoms with E-state index in [2.05, 4.69) is 15.6 Å². The molecule has 4 aromatic rings. The van der Waals surface area contributed by atoms with Gasteiger partial charge in [-0.3, -0.25) is 4.79 Å². The highest BCUT2D eigenvalue weighted by Crippen LogP contribution is 2.32. The minimum absolute atomic E-state index is 0.247. The van der Waals surface area contributed by atoms with Crippen LogP contribution in [-0.4, -0.2) is 49.8 Å². The molecular formula is C27H27N3O6S2. The molecule has 1 aromatic heterocycles. The molecule has 0 spiro atoms. The molecule has 38 heavy (non-hydrogen) atoms. The van der Waals surface area contributed by atoms with E-state index in [1.165, 1.54) is 24.7 Å². The van der Waals surface area contributed by atoms with Crippen LogP contribution in [0.5, 0.6) is 5.75 Å². The van der Waals surface area contributed by atoms with Gasteiger partial charge in [0.05, 0.1) is 27.8 Å². The Balaban J connectivity index is 1.52. The van der Waals surface area contributed by atoms with Crippen LogP contribution in [-0.2, 0) is 14.6 Å². The summed E-state index contributed by atoms with van der Waals surface area (Å²) >= 11 is 1.36. The summed E-state index contributed by atoms with van der Waals surface area (Å²) in [7, 11) is -1.84. The minimum atomic E-state index is -3.30. The molecule has 11 heteroatoms. The largest absolute Gasteiger partial charge is 0.496 e. The minimum Gasteiger partial charge on any atom is -0.496 e. The monoisotopic (exact) mass is 553 g/mol. The second-order valence-electron chi connectivity index (χ2n) is 9.07. The van der Waals surface area contributed by atoms with Gasteiger partial charge in [-0.15, -0.1) is 0 Å². The van der Waals surface area contributed by atoms with Crippen molar-refractivity contribution in [1.82, 2.24) is 10.3 Å². The lowest BCUT2D eigenvalue weighted by molar-refractivity contribution is -0.140. The van der Waals surface area contributed by atoms with Crippen molar-refractivity contribution in [2.24, 2.45) is 5.92 Å². The lowest BCUT2D eigenvalue weighted by Crippen LogP contribution is -2.44. The number of carbonyl (C=O) groups is 2. The number of nitrogens with one attached hydrogen (secondary N) is 2. The normalized spacial score (nSPS) is 12.3. The standard InChI is InChI=1S/C27H27N3O6S2/c1-15(2)24(26(32)33)30-25(31)20-11-7-17(13-22(20)36-3)16-5-8-18(9-6-16)28-27-29-21-12-10-19(38(4,34)35)14-23(21)37-27/h5-15,24H,1-4H3,(H,28,29)(H,30,31)(H,32,33)/t24-/m0/s1. The van der Waals surface area contributed by atoms with E-state index in [1.54, 1.807) is 50.2 Å². The first-order chi connectivity index (χ1) is 18.0. The molecule has 0 saturated carbocycles. The van der Waals surface area contributed by atoms with Crippen molar-refractivity contribution >= 4 is 54.1 Å². The molecular weight excluding hydrogens is 526 g/mol. The molecule has 0 bridgehead atoms. The predicted molar refractivity (Wildman–Crippen MR) is 148 cm³/mol. The van der Waals surface area contributed by atoms with Crippen LogP contribution in [0.4, 0.5) is 10.8 Å². The SMILES string of the molecule is COc1cc(-c2ccc(Nc3nc4ccc(S(C)(=O)=O)cc4s3)cc2)ccc1C(=O)N[C@H](C(=O)O)C(C)C. The summed E-state index contributed by atoms with van der Waals surface area (Å²) in [6.07, 6.45) is 1.18. The third kappa shape index (κ3) is 5.95. The van der Waals surface area contributed by atoms with Crippen molar-refractivity contribution in [3.63, 3.8) is 0 Å². The highest BCUT2D eigenvalue weighted by molar-refractivity contribution is 7.90. The number of benzene rings is 3. The van der Waals surface area contributed by atoms with Gasteiger partial charge < -0.3 is 20.5 Å². The maximum atomic E-state index is 12.7. The average Bonchev–Trinajstić information content (AvgIpc) is 3.27. The van der Waals surface area contributed by atoms with E-state index in [0.717, 1.165) is 21.5 Å². The first kappa shape index (κ1) is 27.1. The van der Waals surface area contributed by atoms with Crippen molar-refractivity contribution in [3.05, 3.63) is 66.2 Å². The Kier molecular flexibility index (Phi) is 7.70. The first-order valence-corrected chi connectivity index (χ1v) is 14.4. The Morgan fingerprint density at radius 2 is 1.68 bits per heavy atom. The quantitative estimate of drug-likeness (QED) is 0.265. The van der Waals surface area contributed by atoms with Crippen LogP contribution in [0.25, 0.3) is 21.3 Å². The van der Waals surface area contributed by atoms with Gasteiger partial charge in [0.25, 0.3) is 5.91 Å². The molecule has 198 valence electrons. The summed E-state index contributed by atoms with van der Waals surface area (Å²) < 4.78 is 29.8. The number of fused-ring (bicyclic) bond motifs is 1. The Bertz CT molecular complexity index is 1610. The van der Waals surface area contributed by atoms with Gasteiger partial charge in [0.2, 0.25) is 0 Å². The molecule has 1 amide bonds. The number of nitrogens with zero attached hydrogens (tertiary/aromatic N) is 1. The van der Waals surface area contributed by atoms with Crippen molar-refractivity contribution in [2.45, 2.75) is 24.8 Å². The molecule has 1 heterocycles. The summed E-state index contributed by atoms with van der Waals surface area (Å²) in [5, 5.41) is 15.8. The Hall–Kier alpha value is -3.96. The molecule has 0 aliphatic heterocycles. The van der Waals surface area contributed by atoms with Gasteiger partial charge in [-0.2, -0.15) is 0 Å². The molecule has 9 nitrogen and oxygen atoms in total. The molecule has 0 aliphatic rings. The van der Waals surface area contributed by atoms with E-state index < -0.39 is 27.8 Å².